The zero-order valence-corrected chi connectivity index (χ0v) is 21.2. The first kappa shape index (κ1) is 24.1. The van der Waals surface area contributed by atoms with Crippen LogP contribution in [0.1, 0.15) is 60.7 Å². The summed E-state index contributed by atoms with van der Waals surface area (Å²) in [4.78, 5) is 21.7. The number of nitrogens with zero attached hydrogens (tertiary/aromatic N) is 6. The summed E-state index contributed by atoms with van der Waals surface area (Å²) in [5, 5.41) is 13.7. The molecule has 1 saturated carbocycles. The van der Waals surface area contributed by atoms with Crippen molar-refractivity contribution in [1.29, 1.82) is 0 Å². The predicted molar refractivity (Wildman–Crippen MR) is 136 cm³/mol. The summed E-state index contributed by atoms with van der Waals surface area (Å²) in [5.41, 5.74) is 3.76. The Morgan fingerprint density at radius 3 is 2.60 bits per heavy atom. The monoisotopic (exact) mass is 479 g/mol. The van der Waals surface area contributed by atoms with Gasteiger partial charge >= 0.3 is 0 Å². The van der Waals surface area contributed by atoms with Crippen molar-refractivity contribution >= 4 is 10.9 Å². The Bertz CT molecular complexity index is 1210. The van der Waals surface area contributed by atoms with Gasteiger partial charge in [-0.05, 0) is 60.2 Å². The van der Waals surface area contributed by atoms with Crippen LogP contribution in [0.4, 0.5) is 0 Å². The van der Waals surface area contributed by atoms with Crippen LogP contribution < -0.4 is 5.56 Å². The number of aryl methyl sites for hydroxylation is 2. The molecule has 188 valence electrons. The van der Waals surface area contributed by atoms with E-state index >= 15 is 0 Å². The van der Waals surface area contributed by atoms with Gasteiger partial charge in [-0.15, -0.1) is 5.10 Å². The normalized spacial score (nSPS) is 19.4. The SMILES string of the molecule is COCCn1nnnc1[C@@H](c1cc2cc(C)cc(C)c2[nH]c1=O)N1CCN(C2CCCCC2)CC1. The number of nitrogens with one attached hydrogen (secondary N) is 1. The summed E-state index contributed by atoms with van der Waals surface area (Å²) in [6.07, 6.45) is 6.66. The quantitative estimate of drug-likeness (QED) is 0.557. The van der Waals surface area contributed by atoms with E-state index in [4.69, 9.17) is 4.74 Å². The Kier molecular flexibility index (Phi) is 7.27. The topological polar surface area (TPSA) is 92.2 Å². The van der Waals surface area contributed by atoms with E-state index < -0.39 is 0 Å². The number of hydrogen-bond acceptors (Lipinski definition) is 7. The molecule has 0 radical (unpaired) electrons. The molecule has 2 aromatic heterocycles. The van der Waals surface area contributed by atoms with Gasteiger partial charge in [-0.25, -0.2) is 4.68 Å². The highest BCUT2D eigenvalue weighted by molar-refractivity contribution is 5.83. The summed E-state index contributed by atoms with van der Waals surface area (Å²) >= 11 is 0. The molecule has 1 aromatic carbocycles. The number of aromatic nitrogens is 5. The highest BCUT2D eigenvalue weighted by atomic mass is 16.5. The molecule has 3 aromatic rings. The van der Waals surface area contributed by atoms with Crippen molar-refractivity contribution in [1.82, 2.24) is 35.0 Å². The second-order valence-electron chi connectivity index (χ2n) is 10.1. The van der Waals surface area contributed by atoms with Crippen molar-refractivity contribution in [2.45, 2.75) is 64.6 Å². The van der Waals surface area contributed by atoms with Gasteiger partial charge in [0.2, 0.25) is 0 Å². The van der Waals surface area contributed by atoms with Gasteiger partial charge in [0.25, 0.3) is 5.56 Å². The van der Waals surface area contributed by atoms with Crippen molar-refractivity contribution in [3.63, 3.8) is 0 Å². The predicted octanol–water partition coefficient (Wildman–Crippen LogP) is 2.82. The maximum atomic E-state index is 13.5. The molecule has 9 heteroatoms. The van der Waals surface area contributed by atoms with Crippen LogP contribution in [-0.4, -0.2) is 80.9 Å². The van der Waals surface area contributed by atoms with Gasteiger partial charge in [0.05, 0.1) is 18.7 Å². The summed E-state index contributed by atoms with van der Waals surface area (Å²) in [7, 11) is 1.67. The zero-order chi connectivity index (χ0) is 24.4. The number of fused-ring (bicyclic) bond motifs is 1. The van der Waals surface area contributed by atoms with Crippen LogP contribution in [0, 0.1) is 13.8 Å². The molecule has 1 aliphatic carbocycles. The van der Waals surface area contributed by atoms with E-state index in [1.807, 2.05) is 13.0 Å². The van der Waals surface area contributed by atoms with E-state index in [1.54, 1.807) is 11.8 Å². The number of hydrogen-bond donors (Lipinski definition) is 1. The third-order valence-electron chi connectivity index (χ3n) is 7.73. The number of benzene rings is 1. The van der Waals surface area contributed by atoms with E-state index in [2.05, 4.69) is 49.4 Å². The van der Waals surface area contributed by atoms with Crippen molar-refractivity contribution in [2.75, 3.05) is 39.9 Å². The standard InChI is InChI=1S/C26H37N7O2/c1-18-15-19(2)23-20(16-18)17-22(26(34)27-23)24(25-28-29-30-33(25)13-14-35-3)32-11-9-31(10-12-32)21-7-5-4-6-8-21/h15-17,21,24H,4-14H2,1-3H3,(H,27,34)/t24-/m1/s1. The Balaban J connectivity index is 1.51. The number of tetrazole rings is 1. The van der Waals surface area contributed by atoms with E-state index in [0.29, 0.717) is 30.6 Å². The highest BCUT2D eigenvalue weighted by Gasteiger charge is 2.34. The van der Waals surface area contributed by atoms with Gasteiger partial charge in [0.15, 0.2) is 5.82 Å². The number of pyridine rings is 1. The van der Waals surface area contributed by atoms with Crippen LogP contribution in [0.25, 0.3) is 10.9 Å². The fourth-order valence-corrected chi connectivity index (χ4v) is 5.96. The lowest BCUT2D eigenvalue weighted by Crippen LogP contribution is -2.52. The van der Waals surface area contributed by atoms with Gasteiger partial charge in [0, 0.05) is 44.9 Å². The van der Waals surface area contributed by atoms with Gasteiger partial charge < -0.3 is 9.72 Å². The first-order chi connectivity index (χ1) is 17.0. The molecule has 1 N–H and O–H groups in total. The van der Waals surface area contributed by atoms with E-state index in [0.717, 1.165) is 42.6 Å². The summed E-state index contributed by atoms with van der Waals surface area (Å²) in [6.45, 7) is 8.94. The van der Waals surface area contributed by atoms with E-state index in [9.17, 15) is 4.79 Å². The number of piperazine rings is 1. The molecular weight excluding hydrogens is 442 g/mol. The number of ether oxygens (including phenoxy) is 1. The third kappa shape index (κ3) is 5.03. The highest BCUT2D eigenvalue weighted by Crippen LogP contribution is 2.30. The van der Waals surface area contributed by atoms with Crippen LogP contribution >= 0.6 is 0 Å². The number of methoxy groups -OCH3 is 1. The third-order valence-corrected chi connectivity index (χ3v) is 7.73. The molecule has 2 fully saturated rings. The van der Waals surface area contributed by atoms with Gasteiger partial charge in [-0.2, -0.15) is 0 Å². The number of aromatic amines is 1. The van der Waals surface area contributed by atoms with Crippen LogP contribution in [-0.2, 0) is 11.3 Å². The Hall–Kier alpha value is -2.62. The second-order valence-corrected chi connectivity index (χ2v) is 10.1. The minimum atomic E-state index is -0.315. The van der Waals surface area contributed by atoms with Crippen molar-refractivity contribution in [3.05, 3.63) is 51.1 Å². The zero-order valence-electron chi connectivity index (χ0n) is 21.2. The lowest BCUT2D eigenvalue weighted by molar-refractivity contribution is 0.0612. The van der Waals surface area contributed by atoms with E-state index in [-0.39, 0.29) is 11.6 Å². The van der Waals surface area contributed by atoms with Crippen LogP contribution in [0.3, 0.4) is 0 Å². The Morgan fingerprint density at radius 1 is 1.09 bits per heavy atom. The molecule has 1 saturated heterocycles. The minimum absolute atomic E-state index is 0.0783. The molecule has 0 spiro atoms. The molecule has 0 unspecified atom stereocenters. The first-order valence-electron chi connectivity index (χ1n) is 12.9. The van der Waals surface area contributed by atoms with Gasteiger partial charge in [-0.3, -0.25) is 14.6 Å². The molecule has 0 amide bonds. The maximum Gasteiger partial charge on any atom is 0.253 e. The molecule has 35 heavy (non-hydrogen) atoms. The van der Waals surface area contributed by atoms with Crippen molar-refractivity contribution < 1.29 is 4.74 Å². The van der Waals surface area contributed by atoms with Crippen LogP contribution in [0.2, 0.25) is 0 Å². The van der Waals surface area contributed by atoms with Crippen molar-refractivity contribution in [3.8, 4) is 0 Å². The molecular formula is C26H37N7O2. The number of H-pyrrole nitrogens is 1. The Labute approximate surface area is 206 Å². The second kappa shape index (κ2) is 10.6. The van der Waals surface area contributed by atoms with Gasteiger partial charge in [-0.1, -0.05) is 30.9 Å². The summed E-state index contributed by atoms with van der Waals surface area (Å²) in [6, 6.07) is 6.66. The summed E-state index contributed by atoms with van der Waals surface area (Å²) < 4.78 is 7.07. The van der Waals surface area contributed by atoms with Crippen LogP contribution in [0.15, 0.2) is 23.0 Å². The molecule has 3 heterocycles. The fourth-order valence-electron chi connectivity index (χ4n) is 5.96. The smallest absolute Gasteiger partial charge is 0.253 e. The minimum Gasteiger partial charge on any atom is -0.383 e. The average molecular weight is 480 g/mol. The molecule has 1 atom stereocenters. The molecule has 5 rings (SSSR count). The van der Waals surface area contributed by atoms with E-state index in [1.165, 1.54) is 37.7 Å². The Morgan fingerprint density at radius 2 is 1.86 bits per heavy atom. The van der Waals surface area contributed by atoms with Crippen molar-refractivity contribution in [2.24, 2.45) is 0 Å². The largest absolute Gasteiger partial charge is 0.383 e. The van der Waals surface area contributed by atoms with Crippen LogP contribution in [0.5, 0.6) is 0 Å². The number of rotatable bonds is 7. The lowest BCUT2D eigenvalue weighted by atomic mass is 9.93. The first-order valence-corrected chi connectivity index (χ1v) is 12.9. The summed E-state index contributed by atoms with van der Waals surface area (Å²) in [5.74, 6) is 0.697. The molecule has 9 nitrogen and oxygen atoms in total. The average Bonchev–Trinajstić information content (AvgIpc) is 3.33. The lowest BCUT2D eigenvalue weighted by Gasteiger charge is -2.43. The molecule has 2 aliphatic rings. The molecule has 1 aliphatic heterocycles. The maximum absolute atomic E-state index is 13.5. The fraction of sp³-hybridized carbons (Fsp3) is 0.615. The van der Waals surface area contributed by atoms with Gasteiger partial charge in [0.1, 0.15) is 6.04 Å². The molecule has 0 bridgehead atoms.